The molecule has 164 valence electrons. The number of guanidine groups is 1. The Kier molecular flexibility index (Phi) is 10.6. The molecule has 2 aromatic heterocycles. The monoisotopic (exact) mass is 525 g/mol. The minimum Gasteiger partial charge on any atom is -0.357 e. The van der Waals surface area contributed by atoms with Crippen molar-refractivity contribution in [3.63, 3.8) is 0 Å². The summed E-state index contributed by atoms with van der Waals surface area (Å²) < 4.78 is 1.74. The zero-order valence-corrected chi connectivity index (χ0v) is 19.9. The normalized spacial score (nSPS) is 14.8. The van der Waals surface area contributed by atoms with E-state index in [1.807, 2.05) is 29.3 Å². The predicted octanol–water partition coefficient (Wildman–Crippen LogP) is 2.73. The standard InChI is InChI=1S/C21H31N7O.HI/c1-2-22-21(24-10-6-14-27-13-5-3-4-8-20(27)29)25-17-18-9-12-23-19(16-18)28-15-7-11-26-28;/h7,9,11-12,15-16H,2-6,8,10,13-14,17H2,1H3,(H2,22,24,25);1H. The summed E-state index contributed by atoms with van der Waals surface area (Å²) in [5, 5.41) is 10.9. The molecule has 1 saturated heterocycles. The highest BCUT2D eigenvalue weighted by atomic mass is 127. The van der Waals surface area contributed by atoms with Crippen LogP contribution in [-0.2, 0) is 11.3 Å². The maximum Gasteiger partial charge on any atom is 0.222 e. The molecule has 1 aliphatic rings. The van der Waals surface area contributed by atoms with E-state index in [0.717, 1.165) is 69.2 Å². The minimum atomic E-state index is 0. The topological polar surface area (TPSA) is 87.4 Å². The highest BCUT2D eigenvalue weighted by molar-refractivity contribution is 14.0. The Morgan fingerprint density at radius 1 is 1.23 bits per heavy atom. The molecule has 1 amide bonds. The van der Waals surface area contributed by atoms with Gasteiger partial charge in [0, 0.05) is 51.2 Å². The number of hydrogen-bond acceptors (Lipinski definition) is 4. The molecular weight excluding hydrogens is 493 g/mol. The molecule has 3 heterocycles. The summed E-state index contributed by atoms with van der Waals surface area (Å²) in [6, 6.07) is 5.83. The number of carbonyl (C=O) groups is 1. The zero-order chi connectivity index (χ0) is 20.3. The first-order chi connectivity index (χ1) is 14.3. The van der Waals surface area contributed by atoms with Crippen LogP contribution in [0.4, 0.5) is 0 Å². The first-order valence-electron chi connectivity index (χ1n) is 10.5. The van der Waals surface area contributed by atoms with Gasteiger partial charge in [0.2, 0.25) is 5.91 Å². The number of aromatic nitrogens is 3. The fraction of sp³-hybridized carbons (Fsp3) is 0.524. The van der Waals surface area contributed by atoms with Crippen molar-refractivity contribution in [2.45, 2.75) is 45.6 Å². The zero-order valence-electron chi connectivity index (χ0n) is 17.6. The second-order valence-electron chi connectivity index (χ2n) is 7.14. The summed E-state index contributed by atoms with van der Waals surface area (Å²) in [4.78, 5) is 23.1. The van der Waals surface area contributed by atoms with E-state index < -0.39 is 0 Å². The van der Waals surface area contributed by atoms with E-state index in [0.29, 0.717) is 18.9 Å². The summed E-state index contributed by atoms with van der Waals surface area (Å²) >= 11 is 0. The van der Waals surface area contributed by atoms with E-state index in [2.05, 4.69) is 32.6 Å². The van der Waals surface area contributed by atoms with Gasteiger partial charge >= 0.3 is 0 Å². The molecule has 0 spiro atoms. The molecule has 1 fully saturated rings. The van der Waals surface area contributed by atoms with Gasteiger partial charge in [0.25, 0.3) is 0 Å². The van der Waals surface area contributed by atoms with E-state index in [1.165, 1.54) is 0 Å². The number of likely N-dealkylation sites (tertiary alicyclic amines) is 1. The van der Waals surface area contributed by atoms with Gasteiger partial charge in [-0.05, 0) is 49.9 Å². The third-order valence-electron chi connectivity index (χ3n) is 4.88. The van der Waals surface area contributed by atoms with Gasteiger partial charge in [-0.15, -0.1) is 24.0 Å². The van der Waals surface area contributed by atoms with Crippen LogP contribution >= 0.6 is 24.0 Å². The van der Waals surface area contributed by atoms with Crippen molar-refractivity contribution in [2.75, 3.05) is 26.2 Å². The lowest BCUT2D eigenvalue weighted by atomic mass is 10.2. The van der Waals surface area contributed by atoms with Crippen LogP contribution in [0, 0.1) is 0 Å². The number of hydrogen-bond donors (Lipinski definition) is 2. The van der Waals surface area contributed by atoms with Crippen molar-refractivity contribution in [2.24, 2.45) is 4.99 Å². The molecule has 0 aliphatic carbocycles. The van der Waals surface area contributed by atoms with Gasteiger partial charge in [0.05, 0.1) is 6.54 Å². The Morgan fingerprint density at radius 2 is 2.13 bits per heavy atom. The number of pyridine rings is 1. The fourth-order valence-corrected chi connectivity index (χ4v) is 3.35. The second-order valence-corrected chi connectivity index (χ2v) is 7.14. The van der Waals surface area contributed by atoms with Crippen molar-refractivity contribution in [3.05, 3.63) is 42.4 Å². The number of nitrogens with zero attached hydrogens (tertiary/aromatic N) is 5. The van der Waals surface area contributed by atoms with E-state index in [1.54, 1.807) is 17.1 Å². The maximum atomic E-state index is 12.1. The average Bonchev–Trinajstić information content (AvgIpc) is 3.20. The molecule has 0 atom stereocenters. The maximum absolute atomic E-state index is 12.1. The minimum absolute atomic E-state index is 0. The Labute approximate surface area is 195 Å². The molecule has 8 nitrogen and oxygen atoms in total. The fourth-order valence-electron chi connectivity index (χ4n) is 3.35. The molecule has 0 unspecified atom stereocenters. The van der Waals surface area contributed by atoms with Crippen LogP contribution in [0.25, 0.3) is 5.82 Å². The number of carbonyl (C=O) groups excluding carboxylic acids is 1. The van der Waals surface area contributed by atoms with Crippen LogP contribution in [0.3, 0.4) is 0 Å². The summed E-state index contributed by atoms with van der Waals surface area (Å²) in [5.74, 6) is 1.86. The summed E-state index contributed by atoms with van der Waals surface area (Å²) in [6.45, 7) is 5.89. The second kappa shape index (κ2) is 13.2. The van der Waals surface area contributed by atoms with Gasteiger partial charge in [0.15, 0.2) is 11.8 Å². The van der Waals surface area contributed by atoms with Crippen molar-refractivity contribution in [3.8, 4) is 5.82 Å². The molecule has 2 N–H and O–H groups in total. The molecule has 0 saturated carbocycles. The number of aliphatic imine (C=N–C) groups is 1. The first-order valence-corrected chi connectivity index (χ1v) is 10.5. The number of rotatable bonds is 8. The number of amides is 1. The Bertz CT molecular complexity index is 794. The van der Waals surface area contributed by atoms with Gasteiger partial charge in [-0.2, -0.15) is 5.10 Å². The van der Waals surface area contributed by atoms with Crippen LogP contribution in [0.2, 0.25) is 0 Å². The summed E-state index contributed by atoms with van der Waals surface area (Å²) in [7, 11) is 0. The first kappa shape index (κ1) is 24.1. The number of nitrogens with one attached hydrogen (secondary N) is 2. The quantitative estimate of drug-likeness (QED) is 0.240. The third kappa shape index (κ3) is 7.58. The highest BCUT2D eigenvalue weighted by Gasteiger charge is 2.15. The van der Waals surface area contributed by atoms with Crippen molar-refractivity contribution >= 4 is 35.8 Å². The molecule has 30 heavy (non-hydrogen) atoms. The predicted molar refractivity (Wildman–Crippen MR) is 129 cm³/mol. The van der Waals surface area contributed by atoms with Crippen LogP contribution in [0.15, 0.2) is 41.8 Å². The van der Waals surface area contributed by atoms with E-state index in [-0.39, 0.29) is 24.0 Å². The van der Waals surface area contributed by atoms with Crippen molar-refractivity contribution in [1.29, 1.82) is 0 Å². The van der Waals surface area contributed by atoms with Gasteiger partial charge < -0.3 is 15.5 Å². The van der Waals surface area contributed by atoms with Crippen LogP contribution in [0.1, 0.15) is 44.6 Å². The lowest BCUT2D eigenvalue weighted by Crippen LogP contribution is -2.39. The molecule has 9 heteroatoms. The average molecular weight is 525 g/mol. The van der Waals surface area contributed by atoms with Gasteiger partial charge in [-0.25, -0.2) is 14.7 Å². The molecule has 0 bridgehead atoms. The SMILES string of the molecule is CCNC(=NCc1ccnc(-n2cccn2)c1)NCCCN1CCCCCC1=O.I. The lowest BCUT2D eigenvalue weighted by molar-refractivity contribution is -0.130. The highest BCUT2D eigenvalue weighted by Crippen LogP contribution is 2.11. The summed E-state index contributed by atoms with van der Waals surface area (Å²) in [5.41, 5.74) is 1.07. The van der Waals surface area contributed by atoms with Gasteiger partial charge in [-0.3, -0.25) is 4.79 Å². The summed E-state index contributed by atoms with van der Waals surface area (Å²) in [6.07, 6.45) is 10.3. The van der Waals surface area contributed by atoms with Crippen molar-refractivity contribution in [1.82, 2.24) is 30.3 Å². The smallest absolute Gasteiger partial charge is 0.222 e. The van der Waals surface area contributed by atoms with E-state index >= 15 is 0 Å². The van der Waals surface area contributed by atoms with Crippen LogP contribution in [-0.4, -0.2) is 57.7 Å². The van der Waals surface area contributed by atoms with Crippen LogP contribution in [0.5, 0.6) is 0 Å². The molecule has 0 aromatic carbocycles. The van der Waals surface area contributed by atoms with Gasteiger partial charge in [-0.1, -0.05) is 6.42 Å². The van der Waals surface area contributed by atoms with Gasteiger partial charge in [0.1, 0.15) is 0 Å². The Morgan fingerprint density at radius 3 is 2.93 bits per heavy atom. The number of halogens is 1. The molecular formula is C21H32IN7O. The molecule has 2 aromatic rings. The molecule has 1 aliphatic heterocycles. The largest absolute Gasteiger partial charge is 0.357 e. The van der Waals surface area contributed by atoms with E-state index in [9.17, 15) is 4.79 Å². The molecule has 3 rings (SSSR count). The molecule has 0 radical (unpaired) electrons. The van der Waals surface area contributed by atoms with Crippen molar-refractivity contribution < 1.29 is 4.79 Å². The Balaban J connectivity index is 0.00000320. The van der Waals surface area contributed by atoms with E-state index in [4.69, 9.17) is 0 Å². The van der Waals surface area contributed by atoms with Crippen LogP contribution < -0.4 is 10.6 Å². The Hall–Kier alpha value is -2.17. The third-order valence-corrected chi connectivity index (χ3v) is 4.88. The lowest BCUT2D eigenvalue weighted by Gasteiger charge is -2.20.